The monoisotopic (exact) mass is 273 g/mol. The second kappa shape index (κ2) is 5.23. The van der Waals surface area contributed by atoms with Crippen LogP contribution in [0.15, 0.2) is 28.7 Å². The number of benzene rings is 1. The van der Waals surface area contributed by atoms with E-state index in [1.807, 2.05) is 24.3 Å². The molecule has 15 heavy (non-hydrogen) atoms. The lowest BCUT2D eigenvalue weighted by Crippen LogP contribution is -2.32. The molecular formula is C10H12BrNO3. The Labute approximate surface area is 96.2 Å². The van der Waals surface area contributed by atoms with Gasteiger partial charge in [-0.05, 0) is 17.7 Å². The zero-order valence-electron chi connectivity index (χ0n) is 8.26. The van der Waals surface area contributed by atoms with Crippen LogP contribution in [-0.4, -0.2) is 22.2 Å². The Bertz CT molecular complexity index is 356. The molecule has 0 bridgehead atoms. The van der Waals surface area contributed by atoms with Crippen molar-refractivity contribution in [1.29, 1.82) is 0 Å². The fourth-order valence-corrected chi connectivity index (χ4v) is 1.66. The second-order valence-corrected chi connectivity index (χ2v) is 4.34. The van der Waals surface area contributed by atoms with Crippen LogP contribution in [0.4, 0.5) is 0 Å². The van der Waals surface area contributed by atoms with Crippen LogP contribution < -0.4 is 0 Å². The molecule has 0 heterocycles. The summed E-state index contributed by atoms with van der Waals surface area (Å²) in [5.74, 6) is 0. The molecule has 0 saturated heterocycles. The zero-order valence-corrected chi connectivity index (χ0v) is 9.85. The van der Waals surface area contributed by atoms with Gasteiger partial charge in [-0.2, -0.15) is 0 Å². The van der Waals surface area contributed by atoms with Crippen LogP contribution in [0.5, 0.6) is 0 Å². The highest BCUT2D eigenvalue weighted by Crippen LogP contribution is 2.14. The molecule has 0 aromatic heterocycles. The van der Waals surface area contributed by atoms with Gasteiger partial charge < -0.3 is 5.11 Å². The van der Waals surface area contributed by atoms with Crippen LogP contribution in [0.2, 0.25) is 0 Å². The molecule has 2 atom stereocenters. The quantitative estimate of drug-likeness (QED) is 0.674. The van der Waals surface area contributed by atoms with Crippen LogP contribution in [0, 0.1) is 10.1 Å². The number of aliphatic hydroxyl groups is 1. The standard InChI is InChI=1S/C10H12BrNO3/c1-7(12(14)15)10(13)6-8-3-2-4-9(11)5-8/h2-5,7,10,13H,6H2,1H3/t7-,10-/m0/s1. The Balaban J connectivity index is 2.66. The average molecular weight is 274 g/mol. The summed E-state index contributed by atoms with van der Waals surface area (Å²) in [5, 5.41) is 20.0. The van der Waals surface area contributed by atoms with Crippen LogP contribution >= 0.6 is 15.9 Å². The van der Waals surface area contributed by atoms with Gasteiger partial charge in [0.1, 0.15) is 6.10 Å². The van der Waals surface area contributed by atoms with Gasteiger partial charge in [-0.3, -0.25) is 10.1 Å². The molecule has 82 valence electrons. The molecule has 0 spiro atoms. The van der Waals surface area contributed by atoms with Crippen molar-refractivity contribution in [2.75, 3.05) is 0 Å². The predicted molar refractivity (Wildman–Crippen MR) is 60.3 cm³/mol. The maximum Gasteiger partial charge on any atom is 0.236 e. The van der Waals surface area contributed by atoms with Crippen molar-refractivity contribution in [2.24, 2.45) is 0 Å². The van der Waals surface area contributed by atoms with E-state index >= 15 is 0 Å². The van der Waals surface area contributed by atoms with Gasteiger partial charge in [0.2, 0.25) is 6.04 Å². The van der Waals surface area contributed by atoms with E-state index in [0.717, 1.165) is 10.0 Å². The molecule has 0 unspecified atom stereocenters. The number of aliphatic hydroxyl groups excluding tert-OH is 1. The smallest absolute Gasteiger partial charge is 0.236 e. The highest BCUT2D eigenvalue weighted by molar-refractivity contribution is 9.10. The maximum absolute atomic E-state index is 10.4. The molecule has 1 aromatic rings. The molecule has 0 amide bonds. The molecule has 0 aliphatic carbocycles. The first-order valence-electron chi connectivity index (χ1n) is 4.56. The first-order valence-corrected chi connectivity index (χ1v) is 5.36. The van der Waals surface area contributed by atoms with Crippen molar-refractivity contribution in [2.45, 2.75) is 25.5 Å². The molecule has 0 fully saturated rings. The summed E-state index contributed by atoms with van der Waals surface area (Å²) in [6.45, 7) is 1.41. The Hall–Kier alpha value is -0.940. The summed E-state index contributed by atoms with van der Waals surface area (Å²) >= 11 is 3.30. The van der Waals surface area contributed by atoms with E-state index in [2.05, 4.69) is 15.9 Å². The largest absolute Gasteiger partial charge is 0.386 e. The summed E-state index contributed by atoms with van der Waals surface area (Å²) in [4.78, 5) is 9.96. The van der Waals surface area contributed by atoms with Gasteiger partial charge >= 0.3 is 0 Å². The van der Waals surface area contributed by atoms with Gasteiger partial charge in [0.25, 0.3) is 0 Å². The predicted octanol–water partition coefficient (Wildman–Crippen LogP) is 2.02. The highest BCUT2D eigenvalue weighted by Gasteiger charge is 2.24. The number of nitro groups is 1. The Kier molecular flexibility index (Phi) is 4.23. The molecule has 0 aliphatic heterocycles. The van der Waals surface area contributed by atoms with E-state index in [1.54, 1.807) is 0 Å². The van der Waals surface area contributed by atoms with E-state index in [4.69, 9.17) is 0 Å². The third-order valence-electron chi connectivity index (χ3n) is 2.22. The van der Waals surface area contributed by atoms with Crippen molar-refractivity contribution in [3.63, 3.8) is 0 Å². The van der Waals surface area contributed by atoms with Gasteiger partial charge in [-0.15, -0.1) is 0 Å². The third kappa shape index (κ3) is 3.60. The van der Waals surface area contributed by atoms with Crippen LogP contribution in [-0.2, 0) is 6.42 Å². The van der Waals surface area contributed by atoms with Crippen molar-refractivity contribution in [3.05, 3.63) is 44.4 Å². The number of halogens is 1. The molecule has 1 aromatic carbocycles. The molecule has 4 nitrogen and oxygen atoms in total. The second-order valence-electron chi connectivity index (χ2n) is 3.43. The van der Waals surface area contributed by atoms with E-state index in [0.29, 0.717) is 6.42 Å². The molecule has 0 saturated carbocycles. The summed E-state index contributed by atoms with van der Waals surface area (Å²) in [5.41, 5.74) is 0.880. The fourth-order valence-electron chi connectivity index (χ4n) is 1.22. The normalized spacial score (nSPS) is 14.6. The summed E-state index contributed by atoms with van der Waals surface area (Å²) < 4.78 is 0.904. The van der Waals surface area contributed by atoms with E-state index in [1.165, 1.54) is 6.92 Å². The van der Waals surface area contributed by atoms with Crippen molar-refractivity contribution in [3.8, 4) is 0 Å². The Morgan fingerprint density at radius 1 is 1.60 bits per heavy atom. The lowest BCUT2D eigenvalue weighted by Gasteiger charge is -2.12. The maximum atomic E-state index is 10.4. The number of hydrogen-bond donors (Lipinski definition) is 1. The minimum absolute atomic E-state index is 0.293. The van der Waals surface area contributed by atoms with Gasteiger partial charge in [0.05, 0.1) is 0 Å². The van der Waals surface area contributed by atoms with Crippen molar-refractivity contribution >= 4 is 15.9 Å². The van der Waals surface area contributed by atoms with Gasteiger partial charge in [0.15, 0.2) is 0 Å². The molecule has 0 aliphatic rings. The van der Waals surface area contributed by atoms with Crippen molar-refractivity contribution in [1.82, 2.24) is 0 Å². The van der Waals surface area contributed by atoms with Crippen LogP contribution in [0.1, 0.15) is 12.5 Å². The van der Waals surface area contributed by atoms with Gasteiger partial charge in [0, 0.05) is 22.7 Å². The lowest BCUT2D eigenvalue weighted by atomic mass is 10.0. The Morgan fingerprint density at radius 2 is 2.27 bits per heavy atom. The fraction of sp³-hybridized carbons (Fsp3) is 0.400. The molecular weight excluding hydrogens is 262 g/mol. The molecule has 0 radical (unpaired) electrons. The minimum Gasteiger partial charge on any atom is -0.386 e. The molecule has 1 N–H and O–H groups in total. The van der Waals surface area contributed by atoms with Gasteiger partial charge in [-0.25, -0.2) is 0 Å². The zero-order chi connectivity index (χ0) is 11.4. The summed E-state index contributed by atoms with van der Waals surface area (Å²) in [7, 11) is 0. The van der Waals surface area contributed by atoms with Crippen LogP contribution in [0.25, 0.3) is 0 Å². The van der Waals surface area contributed by atoms with Crippen molar-refractivity contribution < 1.29 is 10.0 Å². The average Bonchev–Trinajstić information content (AvgIpc) is 2.16. The van der Waals surface area contributed by atoms with Gasteiger partial charge in [-0.1, -0.05) is 28.1 Å². The highest BCUT2D eigenvalue weighted by atomic mass is 79.9. The first-order chi connectivity index (χ1) is 7.00. The first kappa shape index (κ1) is 12.1. The van der Waals surface area contributed by atoms with E-state index in [-0.39, 0.29) is 0 Å². The topological polar surface area (TPSA) is 63.4 Å². The van der Waals surface area contributed by atoms with E-state index < -0.39 is 17.1 Å². The number of rotatable bonds is 4. The third-order valence-corrected chi connectivity index (χ3v) is 2.72. The summed E-state index contributed by atoms with van der Waals surface area (Å²) in [6, 6.07) is 6.44. The number of hydrogen-bond acceptors (Lipinski definition) is 3. The molecule has 5 heteroatoms. The minimum atomic E-state index is -0.950. The SMILES string of the molecule is C[C@@H]([C@@H](O)Cc1cccc(Br)c1)[N+](=O)[O-]. The van der Waals surface area contributed by atoms with E-state index in [9.17, 15) is 15.2 Å². The number of nitrogens with zero attached hydrogens (tertiary/aromatic N) is 1. The summed E-state index contributed by atoms with van der Waals surface area (Å²) in [6.07, 6.45) is -0.656. The molecule has 1 rings (SSSR count). The lowest BCUT2D eigenvalue weighted by molar-refractivity contribution is -0.529. The van der Waals surface area contributed by atoms with Crippen LogP contribution in [0.3, 0.4) is 0 Å². The Morgan fingerprint density at radius 3 is 2.80 bits per heavy atom.